The molecule has 16 heavy (non-hydrogen) atoms. The van der Waals surface area contributed by atoms with Crippen molar-refractivity contribution >= 4 is 17.5 Å². The minimum atomic E-state index is -0.729. The van der Waals surface area contributed by atoms with Crippen molar-refractivity contribution in [1.29, 1.82) is 0 Å². The molecule has 1 atom stereocenters. The molecule has 1 aromatic heterocycles. The quantitative estimate of drug-likeness (QED) is 0.790. The molecule has 0 aliphatic rings. The molecule has 88 valence electrons. The number of carbonyl (C=O) groups excluding carboxylic acids is 1. The summed E-state index contributed by atoms with van der Waals surface area (Å²) in [6, 6.07) is 3.04. The van der Waals surface area contributed by atoms with E-state index in [1.165, 1.54) is 19.4 Å². The van der Waals surface area contributed by atoms with Crippen LogP contribution < -0.4 is 5.32 Å². The predicted molar refractivity (Wildman–Crippen MR) is 59.5 cm³/mol. The van der Waals surface area contributed by atoms with Gasteiger partial charge in [0.25, 0.3) is 5.91 Å². The number of hydrogen-bond acceptors (Lipinski definition) is 4. The number of nitrogens with one attached hydrogen (secondary N) is 1. The average Bonchev–Trinajstić information content (AvgIpc) is 2.26. The van der Waals surface area contributed by atoms with Gasteiger partial charge in [-0.3, -0.25) is 9.78 Å². The van der Waals surface area contributed by atoms with Crippen LogP contribution in [0, 0.1) is 0 Å². The Morgan fingerprint density at radius 3 is 3.12 bits per heavy atom. The molecular weight excluding hydrogens is 232 g/mol. The van der Waals surface area contributed by atoms with Gasteiger partial charge in [-0.2, -0.15) is 0 Å². The first kappa shape index (κ1) is 12.9. The first-order valence-electron chi connectivity index (χ1n) is 4.70. The molecule has 0 aliphatic carbocycles. The Labute approximate surface area is 98.4 Å². The molecule has 1 rings (SSSR count). The normalized spacial score (nSPS) is 12.2. The molecule has 0 bridgehead atoms. The fraction of sp³-hybridized carbons (Fsp3) is 0.400. The summed E-state index contributed by atoms with van der Waals surface area (Å²) >= 11 is 5.71. The molecule has 1 heterocycles. The lowest BCUT2D eigenvalue weighted by atomic mass is 10.3. The Morgan fingerprint density at radius 2 is 2.50 bits per heavy atom. The lowest BCUT2D eigenvalue weighted by molar-refractivity contribution is 0.0608. The molecule has 0 saturated carbocycles. The standard InChI is InChI=1S/C10H13ClN2O3/c1-16-6-8(14)5-13-10(15)9-4-7(11)2-3-12-9/h2-4,8,14H,5-6H2,1H3,(H,13,15). The van der Waals surface area contributed by atoms with Crippen LogP contribution in [-0.4, -0.2) is 42.4 Å². The lowest BCUT2D eigenvalue weighted by Gasteiger charge is -2.10. The van der Waals surface area contributed by atoms with Gasteiger partial charge in [-0.15, -0.1) is 0 Å². The van der Waals surface area contributed by atoms with E-state index in [0.29, 0.717) is 5.02 Å². The number of ether oxygens (including phenoxy) is 1. The van der Waals surface area contributed by atoms with Gasteiger partial charge >= 0.3 is 0 Å². The van der Waals surface area contributed by atoms with E-state index in [4.69, 9.17) is 16.3 Å². The second-order valence-electron chi connectivity index (χ2n) is 3.18. The molecule has 1 aromatic rings. The number of amides is 1. The predicted octanol–water partition coefficient (Wildman–Crippen LogP) is 0.472. The third kappa shape index (κ3) is 4.14. The zero-order chi connectivity index (χ0) is 12.0. The number of rotatable bonds is 5. The van der Waals surface area contributed by atoms with Gasteiger partial charge in [0, 0.05) is 24.9 Å². The summed E-state index contributed by atoms with van der Waals surface area (Å²) in [6.45, 7) is 0.282. The molecule has 1 amide bonds. The number of pyridine rings is 1. The maximum atomic E-state index is 11.5. The van der Waals surface area contributed by atoms with Crippen molar-refractivity contribution < 1.29 is 14.6 Å². The summed E-state index contributed by atoms with van der Waals surface area (Å²) in [5.74, 6) is -0.377. The third-order valence-corrected chi connectivity index (χ3v) is 2.05. The first-order chi connectivity index (χ1) is 7.63. The van der Waals surface area contributed by atoms with Crippen LogP contribution in [0.15, 0.2) is 18.3 Å². The number of aliphatic hydroxyl groups is 1. The van der Waals surface area contributed by atoms with Crippen molar-refractivity contribution in [2.45, 2.75) is 6.10 Å². The van der Waals surface area contributed by atoms with E-state index in [1.807, 2.05) is 0 Å². The van der Waals surface area contributed by atoms with E-state index < -0.39 is 6.10 Å². The zero-order valence-electron chi connectivity index (χ0n) is 8.81. The Kier molecular flexibility index (Phi) is 5.18. The zero-order valence-corrected chi connectivity index (χ0v) is 9.57. The molecule has 0 radical (unpaired) electrons. The van der Waals surface area contributed by atoms with Gasteiger partial charge in [-0.25, -0.2) is 0 Å². The molecule has 0 fully saturated rings. The summed E-state index contributed by atoms with van der Waals surface area (Å²) in [7, 11) is 1.48. The molecule has 0 spiro atoms. The molecule has 0 aliphatic heterocycles. The van der Waals surface area contributed by atoms with Crippen molar-refractivity contribution in [1.82, 2.24) is 10.3 Å². The molecular formula is C10H13ClN2O3. The highest BCUT2D eigenvalue weighted by molar-refractivity contribution is 6.30. The fourth-order valence-electron chi connectivity index (χ4n) is 1.08. The average molecular weight is 245 g/mol. The molecule has 0 saturated heterocycles. The molecule has 6 heteroatoms. The van der Waals surface area contributed by atoms with E-state index in [9.17, 15) is 9.90 Å². The highest BCUT2D eigenvalue weighted by Gasteiger charge is 2.09. The van der Waals surface area contributed by atoms with E-state index >= 15 is 0 Å². The van der Waals surface area contributed by atoms with Gasteiger partial charge < -0.3 is 15.2 Å². The number of nitrogens with zero attached hydrogens (tertiary/aromatic N) is 1. The largest absolute Gasteiger partial charge is 0.389 e. The Balaban J connectivity index is 2.47. The van der Waals surface area contributed by atoms with E-state index in [-0.39, 0.29) is 24.8 Å². The monoisotopic (exact) mass is 244 g/mol. The van der Waals surface area contributed by atoms with Crippen LogP contribution in [0.4, 0.5) is 0 Å². The molecule has 2 N–H and O–H groups in total. The Bertz CT molecular complexity index is 360. The number of halogens is 1. The summed E-state index contributed by atoms with van der Waals surface area (Å²) in [5.41, 5.74) is 0.220. The van der Waals surface area contributed by atoms with Crippen molar-refractivity contribution in [3.8, 4) is 0 Å². The van der Waals surface area contributed by atoms with Crippen molar-refractivity contribution in [3.63, 3.8) is 0 Å². The van der Waals surface area contributed by atoms with E-state index in [0.717, 1.165) is 0 Å². The Hall–Kier alpha value is -1.17. The van der Waals surface area contributed by atoms with Crippen LogP contribution in [0.1, 0.15) is 10.5 Å². The number of carbonyl (C=O) groups is 1. The van der Waals surface area contributed by atoms with Gasteiger partial charge in [0.15, 0.2) is 0 Å². The van der Waals surface area contributed by atoms with Crippen molar-refractivity contribution in [3.05, 3.63) is 29.0 Å². The topological polar surface area (TPSA) is 71.5 Å². The molecule has 0 aromatic carbocycles. The molecule has 5 nitrogen and oxygen atoms in total. The number of methoxy groups -OCH3 is 1. The first-order valence-corrected chi connectivity index (χ1v) is 5.08. The number of hydrogen-bond donors (Lipinski definition) is 2. The van der Waals surface area contributed by atoms with E-state index in [1.54, 1.807) is 6.07 Å². The van der Waals surface area contributed by atoms with Crippen LogP contribution in [0.3, 0.4) is 0 Å². The van der Waals surface area contributed by atoms with Gasteiger partial charge in [-0.1, -0.05) is 11.6 Å². The Morgan fingerprint density at radius 1 is 1.75 bits per heavy atom. The third-order valence-electron chi connectivity index (χ3n) is 1.81. The van der Waals surface area contributed by atoms with Crippen molar-refractivity contribution in [2.75, 3.05) is 20.3 Å². The molecule has 1 unspecified atom stereocenters. The van der Waals surface area contributed by atoms with Crippen LogP contribution >= 0.6 is 11.6 Å². The highest BCUT2D eigenvalue weighted by atomic mass is 35.5. The fourth-order valence-corrected chi connectivity index (χ4v) is 1.24. The minimum Gasteiger partial charge on any atom is -0.389 e. The van der Waals surface area contributed by atoms with Gasteiger partial charge in [0.05, 0.1) is 12.7 Å². The lowest BCUT2D eigenvalue weighted by Crippen LogP contribution is -2.34. The van der Waals surface area contributed by atoms with Gasteiger partial charge in [-0.05, 0) is 12.1 Å². The number of aliphatic hydroxyl groups excluding tert-OH is 1. The highest BCUT2D eigenvalue weighted by Crippen LogP contribution is 2.07. The maximum absolute atomic E-state index is 11.5. The van der Waals surface area contributed by atoms with E-state index in [2.05, 4.69) is 10.3 Å². The summed E-state index contributed by atoms with van der Waals surface area (Å²) in [4.78, 5) is 15.4. The second-order valence-corrected chi connectivity index (χ2v) is 3.61. The van der Waals surface area contributed by atoms with Crippen LogP contribution in [-0.2, 0) is 4.74 Å². The SMILES string of the molecule is COCC(O)CNC(=O)c1cc(Cl)ccn1. The minimum absolute atomic E-state index is 0.112. The van der Waals surface area contributed by atoms with Gasteiger partial charge in [0.2, 0.25) is 0 Å². The number of aromatic nitrogens is 1. The van der Waals surface area contributed by atoms with Crippen LogP contribution in [0.5, 0.6) is 0 Å². The second kappa shape index (κ2) is 6.42. The summed E-state index contributed by atoms with van der Waals surface area (Å²) < 4.78 is 4.72. The maximum Gasteiger partial charge on any atom is 0.270 e. The smallest absolute Gasteiger partial charge is 0.270 e. The summed E-state index contributed by atoms with van der Waals surface area (Å²) in [5, 5.41) is 12.3. The van der Waals surface area contributed by atoms with Crippen LogP contribution in [0.25, 0.3) is 0 Å². The van der Waals surface area contributed by atoms with Crippen molar-refractivity contribution in [2.24, 2.45) is 0 Å². The van der Waals surface area contributed by atoms with Crippen LogP contribution in [0.2, 0.25) is 5.02 Å². The summed E-state index contributed by atoms with van der Waals surface area (Å²) in [6.07, 6.45) is 0.719. The van der Waals surface area contributed by atoms with Gasteiger partial charge in [0.1, 0.15) is 5.69 Å².